The Balaban J connectivity index is 6.40. The molecule has 0 amide bonds. The Bertz CT molecular complexity index is 476. The van der Waals surface area contributed by atoms with E-state index in [0.29, 0.717) is 0 Å². The highest BCUT2D eigenvalue weighted by molar-refractivity contribution is 9.09. The van der Waals surface area contributed by atoms with Crippen molar-refractivity contribution >= 4 is 15.9 Å². The van der Waals surface area contributed by atoms with Crippen molar-refractivity contribution in [2.75, 3.05) is 5.33 Å². The monoisotopic (exact) mass is 476 g/mol. The first-order valence-corrected chi connectivity index (χ1v) is 6.58. The fourth-order valence-electron chi connectivity index (χ4n) is 1.27. The normalized spacial score (nSPS) is 16.3. The second-order valence-corrected chi connectivity index (χ2v) is 5.31. The zero-order valence-electron chi connectivity index (χ0n) is 11.0. The van der Waals surface area contributed by atoms with Crippen LogP contribution in [0.1, 0.15) is 6.42 Å². The van der Waals surface area contributed by atoms with Gasteiger partial charge in [-0.15, -0.1) is 0 Å². The van der Waals surface area contributed by atoms with Crippen LogP contribution in [0.5, 0.6) is 0 Å². The van der Waals surface area contributed by atoms with Gasteiger partial charge in [0.25, 0.3) is 0 Å². The van der Waals surface area contributed by atoms with Crippen LogP contribution in [0, 0.1) is 0 Å². The summed E-state index contributed by atoms with van der Waals surface area (Å²) in [7, 11) is 0. The largest absolute Gasteiger partial charge is 0.460 e. The highest BCUT2D eigenvalue weighted by atomic mass is 79.9. The van der Waals surface area contributed by atoms with Crippen LogP contribution in [-0.4, -0.2) is 47.0 Å². The average Bonchev–Trinajstić information content (AvgIpc) is 2.35. The number of alkyl halides is 16. The maximum atomic E-state index is 13.0. The van der Waals surface area contributed by atoms with Crippen molar-refractivity contribution in [1.29, 1.82) is 0 Å². The van der Waals surface area contributed by atoms with Gasteiger partial charge in [0.1, 0.15) is 0 Å². The van der Waals surface area contributed by atoms with E-state index < -0.39 is 53.5 Å². The Hall–Kier alpha value is -0.570. The fourth-order valence-corrected chi connectivity index (χ4v) is 1.77. The Morgan fingerprint density at radius 2 is 0.720 bits per heavy atom. The second-order valence-electron chi connectivity index (χ2n) is 4.51. The van der Waals surface area contributed by atoms with Gasteiger partial charge in [-0.05, 0) is 0 Å². The molecule has 0 heterocycles. The van der Waals surface area contributed by atoms with Gasteiger partial charge in [-0.3, -0.25) is 0 Å². The zero-order valence-corrected chi connectivity index (χ0v) is 12.5. The van der Waals surface area contributed by atoms with Crippen LogP contribution in [0.15, 0.2) is 0 Å². The van der Waals surface area contributed by atoms with E-state index in [-0.39, 0.29) is 0 Å². The molecule has 0 rings (SSSR count). The lowest BCUT2D eigenvalue weighted by atomic mass is 9.90. The van der Waals surface area contributed by atoms with Crippen LogP contribution < -0.4 is 0 Å². The molecule has 0 saturated heterocycles. The molecule has 16 heteroatoms. The lowest BCUT2D eigenvalue weighted by Gasteiger charge is -2.41. The van der Waals surface area contributed by atoms with Gasteiger partial charge < -0.3 is 0 Å². The van der Waals surface area contributed by atoms with E-state index in [2.05, 4.69) is 0 Å². The minimum Gasteiger partial charge on any atom is -0.200 e. The molecule has 0 aliphatic heterocycles. The van der Waals surface area contributed by atoms with Crippen LogP contribution in [0.2, 0.25) is 0 Å². The molecule has 0 N–H and O–H groups in total. The molecular formula is C9H4BrF15. The standard InChI is InChI=1S/C9H4BrF15/c10-2-1-3(11,12)4(13,14)5(15,16)6(17,18)7(19,20)8(21,22)9(23,24)25/h1-2H2. The summed E-state index contributed by atoms with van der Waals surface area (Å²) >= 11 is 2.03. The summed E-state index contributed by atoms with van der Waals surface area (Å²) in [6.45, 7) is 0. The Morgan fingerprint density at radius 3 is 1.00 bits per heavy atom. The van der Waals surface area contributed by atoms with E-state index in [1.807, 2.05) is 15.9 Å². The van der Waals surface area contributed by atoms with Crippen molar-refractivity contribution < 1.29 is 65.9 Å². The van der Waals surface area contributed by atoms with E-state index in [9.17, 15) is 65.9 Å². The van der Waals surface area contributed by atoms with E-state index >= 15 is 0 Å². The van der Waals surface area contributed by atoms with Crippen LogP contribution >= 0.6 is 15.9 Å². The highest BCUT2D eigenvalue weighted by Crippen LogP contribution is 2.62. The summed E-state index contributed by atoms with van der Waals surface area (Å²) in [5.41, 5.74) is 0. The van der Waals surface area contributed by atoms with Crippen molar-refractivity contribution in [3.8, 4) is 0 Å². The predicted molar refractivity (Wildman–Crippen MR) is 54.1 cm³/mol. The van der Waals surface area contributed by atoms with Gasteiger partial charge in [0.2, 0.25) is 0 Å². The molecule has 0 aromatic heterocycles. The molecule has 0 bridgehead atoms. The fraction of sp³-hybridized carbons (Fsp3) is 1.00. The number of hydrogen-bond acceptors (Lipinski definition) is 0. The third-order valence-electron chi connectivity index (χ3n) is 2.80. The zero-order chi connectivity index (χ0) is 20.9. The molecule has 152 valence electrons. The average molecular weight is 477 g/mol. The smallest absolute Gasteiger partial charge is 0.200 e. The minimum atomic E-state index is -8.21. The first-order valence-electron chi connectivity index (χ1n) is 5.46. The van der Waals surface area contributed by atoms with Gasteiger partial charge in [0.05, 0.1) is 0 Å². The summed E-state index contributed by atoms with van der Waals surface area (Å²) in [4.78, 5) is 0. The number of hydrogen-bond donors (Lipinski definition) is 0. The van der Waals surface area contributed by atoms with Gasteiger partial charge in [-0.1, -0.05) is 15.9 Å². The molecule has 0 aliphatic carbocycles. The molecule has 0 aromatic carbocycles. The van der Waals surface area contributed by atoms with Crippen molar-refractivity contribution in [2.45, 2.75) is 48.1 Å². The third kappa shape index (κ3) is 3.26. The van der Waals surface area contributed by atoms with Crippen molar-refractivity contribution in [3.05, 3.63) is 0 Å². The molecule has 0 radical (unpaired) electrons. The van der Waals surface area contributed by atoms with Crippen molar-refractivity contribution in [1.82, 2.24) is 0 Å². The lowest BCUT2D eigenvalue weighted by molar-refractivity contribution is -0.452. The van der Waals surface area contributed by atoms with Gasteiger partial charge in [-0.2, -0.15) is 65.9 Å². The molecule has 0 nitrogen and oxygen atoms in total. The van der Waals surface area contributed by atoms with Gasteiger partial charge in [0, 0.05) is 11.8 Å². The summed E-state index contributed by atoms with van der Waals surface area (Å²) in [6.07, 6.45) is -9.93. The van der Waals surface area contributed by atoms with Gasteiger partial charge >= 0.3 is 41.7 Å². The van der Waals surface area contributed by atoms with Crippen LogP contribution in [-0.2, 0) is 0 Å². The minimum absolute atomic E-state index is 1.26. The van der Waals surface area contributed by atoms with Crippen LogP contribution in [0.3, 0.4) is 0 Å². The third-order valence-corrected chi connectivity index (χ3v) is 3.20. The van der Waals surface area contributed by atoms with E-state index in [0.717, 1.165) is 0 Å². The molecule has 0 atom stereocenters. The molecule has 0 saturated carbocycles. The molecule has 0 aliphatic rings. The summed E-state index contributed by atoms with van der Waals surface area (Å²) in [5.74, 6) is -45.9. The summed E-state index contributed by atoms with van der Waals surface area (Å²) < 4.78 is 190. The quantitative estimate of drug-likeness (QED) is 0.305. The van der Waals surface area contributed by atoms with Crippen LogP contribution in [0.4, 0.5) is 65.9 Å². The first kappa shape index (κ1) is 24.4. The second kappa shape index (κ2) is 6.25. The molecule has 25 heavy (non-hydrogen) atoms. The van der Waals surface area contributed by atoms with Crippen molar-refractivity contribution in [3.63, 3.8) is 0 Å². The van der Waals surface area contributed by atoms with Gasteiger partial charge in [0.15, 0.2) is 0 Å². The predicted octanol–water partition coefficient (Wildman–Crippen LogP) is 6.15. The van der Waals surface area contributed by atoms with Crippen LogP contribution in [0.25, 0.3) is 0 Å². The Morgan fingerprint density at radius 1 is 0.440 bits per heavy atom. The Kier molecular flexibility index (Phi) is 6.11. The number of rotatable bonds is 7. The summed E-state index contributed by atoms with van der Waals surface area (Å²) in [5, 5.41) is -1.26. The molecular weight excluding hydrogens is 473 g/mol. The van der Waals surface area contributed by atoms with Crippen molar-refractivity contribution in [2.24, 2.45) is 0 Å². The molecule has 0 fully saturated rings. The van der Waals surface area contributed by atoms with Gasteiger partial charge in [-0.25, -0.2) is 0 Å². The SMILES string of the molecule is FC(F)(F)C(F)(F)C(F)(F)C(F)(F)C(F)(F)C(F)(F)C(F)(F)CCBr. The maximum Gasteiger partial charge on any atom is 0.460 e. The number of halogens is 16. The highest BCUT2D eigenvalue weighted by Gasteiger charge is 2.93. The first-order chi connectivity index (χ1) is 10.6. The maximum absolute atomic E-state index is 13.0. The van der Waals surface area contributed by atoms with E-state index in [1.54, 1.807) is 0 Å². The summed E-state index contributed by atoms with van der Waals surface area (Å²) in [6, 6.07) is 0. The Labute approximate surface area is 136 Å². The molecule has 0 unspecified atom stereocenters. The van der Waals surface area contributed by atoms with E-state index in [4.69, 9.17) is 0 Å². The lowest BCUT2D eigenvalue weighted by Crippen LogP contribution is -2.72. The molecule has 0 spiro atoms. The van der Waals surface area contributed by atoms with E-state index in [1.165, 1.54) is 0 Å². The topological polar surface area (TPSA) is 0 Å². The molecule has 0 aromatic rings.